The molecule has 1 aliphatic heterocycles. The number of fused-ring (bicyclic) bond motifs is 1. The number of anilines is 1. The van der Waals surface area contributed by atoms with E-state index in [1.54, 1.807) is 0 Å². The molecule has 88 valence electrons. The van der Waals surface area contributed by atoms with Gasteiger partial charge in [-0.3, -0.25) is 4.79 Å². The average Bonchev–Trinajstić information content (AvgIpc) is 2.55. The second-order valence-corrected chi connectivity index (χ2v) is 4.82. The van der Waals surface area contributed by atoms with Crippen LogP contribution in [0.4, 0.5) is 5.69 Å². The maximum atomic E-state index is 12.3. The lowest BCUT2D eigenvalue weighted by Crippen LogP contribution is -2.32. The zero-order valence-corrected chi connectivity index (χ0v) is 10.2. The van der Waals surface area contributed by atoms with Crippen LogP contribution in [0.1, 0.15) is 31.7 Å². The molecule has 1 atom stereocenters. The van der Waals surface area contributed by atoms with Crippen LogP contribution in [0.3, 0.4) is 0 Å². The van der Waals surface area contributed by atoms with Crippen LogP contribution in [0.15, 0.2) is 24.3 Å². The van der Waals surface area contributed by atoms with Crippen molar-refractivity contribution in [2.45, 2.75) is 26.2 Å². The molecule has 0 N–H and O–H groups in total. The molecule has 0 unspecified atom stereocenters. The predicted molar refractivity (Wildman–Crippen MR) is 66.6 cm³/mol. The minimum absolute atomic E-state index is 0.0708. The number of hydrogen-bond acceptors (Lipinski definition) is 2. The average molecular weight is 228 g/mol. The zero-order chi connectivity index (χ0) is 12.4. The summed E-state index contributed by atoms with van der Waals surface area (Å²) < 4.78 is 0. The summed E-state index contributed by atoms with van der Waals surface area (Å²) in [5, 5.41) is 8.82. The minimum atomic E-state index is -0.269. The first-order valence-electron chi connectivity index (χ1n) is 5.92. The van der Waals surface area contributed by atoms with Gasteiger partial charge in [0.2, 0.25) is 5.91 Å². The van der Waals surface area contributed by atoms with E-state index in [4.69, 9.17) is 5.26 Å². The van der Waals surface area contributed by atoms with Gasteiger partial charge >= 0.3 is 0 Å². The van der Waals surface area contributed by atoms with Crippen LogP contribution in [0, 0.1) is 17.2 Å². The molecule has 3 nitrogen and oxygen atoms in total. The topological polar surface area (TPSA) is 44.1 Å². The third-order valence-electron chi connectivity index (χ3n) is 3.01. The molecule has 0 aliphatic carbocycles. The van der Waals surface area contributed by atoms with Gasteiger partial charge in [0.25, 0.3) is 0 Å². The van der Waals surface area contributed by atoms with Crippen LogP contribution < -0.4 is 4.90 Å². The third-order valence-corrected chi connectivity index (χ3v) is 3.01. The molecule has 1 aromatic rings. The summed E-state index contributed by atoms with van der Waals surface area (Å²) in [5.74, 6) is 0.226. The third kappa shape index (κ3) is 2.03. The fourth-order valence-electron chi connectivity index (χ4n) is 2.31. The summed E-state index contributed by atoms with van der Waals surface area (Å²) in [6.45, 7) is 4.90. The van der Waals surface area contributed by atoms with E-state index in [2.05, 4.69) is 19.9 Å². The number of carbonyl (C=O) groups excluding carboxylic acids is 1. The van der Waals surface area contributed by atoms with Gasteiger partial charge in [-0.05, 0) is 17.5 Å². The highest BCUT2D eigenvalue weighted by Crippen LogP contribution is 2.39. The van der Waals surface area contributed by atoms with Crippen molar-refractivity contribution in [2.24, 2.45) is 5.92 Å². The highest BCUT2D eigenvalue weighted by molar-refractivity contribution is 6.05. The number of amides is 1. The molecular weight excluding hydrogens is 212 g/mol. The summed E-state index contributed by atoms with van der Waals surface area (Å²) in [7, 11) is 0. The van der Waals surface area contributed by atoms with Gasteiger partial charge in [-0.15, -0.1) is 0 Å². The van der Waals surface area contributed by atoms with E-state index in [1.165, 1.54) is 0 Å². The molecular formula is C14H16N2O. The largest absolute Gasteiger partial charge is 0.311 e. The van der Waals surface area contributed by atoms with Crippen molar-refractivity contribution in [3.8, 4) is 6.07 Å². The normalized spacial score (nSPS) is 18.4. The summed E-state index contributed by atoms with van der Waals surface area (Å²) >= 11 is 0. The Morgan fingerprint density at radius 2 is 2.12 bits per heavy atom. The Morgan fingerprint density at radius 3 is 2.76 bits per heavy atom. The summed E-state index contributed by atoms with van der Waals surface area (Å²) in [6.07, 6.45) is 0.268. The first kappa shape index (κ1) is 11.7. The van der Waals surface area contributed by atoms with E-state index in [0.717, 1.165) is 17.8 Å². The van der Waals surface area contributed by atoms with Gasteiger partial charge < -0.3 is 4.90 Å². The molecule has 0 radical (unpaired) electrons. The SMILES string of the molecule is CC(C)CN1C(=O)[C@H](CC#N)c2ccccc21. The molecule has 1 heterocycles. The monoisotopic (exact) mass is 228 g/mol. The van der Waals surface area contributed by atoms with Crippen LogP contribution in [0.5, 0.6) is 0 Å². The minimum Gasteiger partial charge on any atom is -0.311 e. The van der Waals surface area contributed by atoms with Gasteiger partial charge in [-0.2, -0.15) is 5.26 Å². The fraction of sp³-hybridized carbons (Fsp3) is 0.429. The number of para-hydroxylation sites is 1. The van der Waals surface area contributed by atoms with Crippen LogP contribution in [0.25, 0.3) is 0 Å². The summed E-state index contributed by atoms with van der Waals surface area (Å²) in [6, 6.07) is 9.89. The molecule has 0 fully saturated rings. The van der Waals surface area contributed by atoms with Gasteiger partial charge in [0.1, 0.15) is 0 Å². The van der Waals surface area contributed by atoms with Crippen molar-refractivity contribution in [1.82, 2.24) is 0 Å². The molecule has 1 amide bonds. The van der Waals surface area contributed by atoms with Crippen molar-refractivity contribution >= 4 is 11.6 Å². The van der Waals surface area contributed by atoms with Crippen molar-refractivity contribution in [3.05, 3.63) is 29.8 Å². The maximum Gasteiger partial charge on any atom is 0.235 e. The standard InChI is InChI=1S/C14H16N2O/c1-10(2)9-16-13-6-4-3-5-11(13)12(7-8-15)14(16)17/h3-6,10,12H,7,9H2,1-2H3/t12-/m1/s1. The first-order valence-corrected chi connectivity index (χ1v) is 5.92. The molecule has 0 saturated heterocycles. The van der Waals surface area contributed by atoms with Crippen LogP contribution >= 0.6 is 0 Å². The Hall–Kier alpha value is -1.82. The quantitative estimate of drug-likeness (QED) is 0.798. The van der Waals surface area contributed by atoms with Crippen molar-refractivity contribution < 1.29 is 4.79 Å². The molecule has 0 spiro atoms. The van der Waals surface area contributed by atoms with Crippen molar-refractivity contribution in [2.75, 3.05) is 11.4 Å². The van der Waals surface area contributed by atoms with E-state index in [1.807, 2.05) is 29.2 Å². The Balaban J connectivity index is 2.38. The number of benzene rings is 1. The van der Waals surface area contributed by atoms with Crippen LogP contribution in [0.2, 0.25) is 0 Å². The highest BCUT2D eigenvalue weighted by atomic mass is 16.2. The number of hydrogen-bond donors (Lipinski definition) is 0. The lowest BCUT2D eigenvalue weighted by atomic mass is 9.98. The molecule has 1 aliphatic rings. The van der Waals surface area contributed by atoms with E-state index >= 15 is 0 Å². The smallest absolute Gasteiger partial charge is 0.235 e. The van der Waals surface area contributed by atoms with Crippen molar-refractivity contribution in [1.29, 1.82) is 5.26 Å². The highest BCUT2D eigenvalue weighted by Gasteiger charge is 2.36. The van der Waals surface area contributed by atoms with E-state index in [9.17, 15) is 4.79 Å². The molecule has 17 heavy (non-hydrogen) atoms. The second-order valence-electron chi connectivity index (χ2n) is 4.82. The predicted octanol–water partition coefficient (Wildman–Crippen LogP) is 2.69. The van der Waals surface area contributed by atoms with Gasteiger partial charge in [0.15, 0.2) is 0 Å². The van der Waals surface area contributed by atoms with Crippen molar-refractivity contribution in [3.63, 3.8) is 0 Å². The van der Waals surface area contributed by atoms with Crippen LogP contribution in [-0.2, 0) is 4.79 Å². The zero-order valence-electron chi connectivity index (χ0n) is 10.2. The second kappa shape index (κ2) is 4.58. The Bertz CT molecular complexity index is 473. The van der Waals surface area contributed by atoms with E-state index < -0.39 is 0 Å². The lowest BCUT2D eigenvalue weighted by Gasteiger charge is -2.19. The van der Waals surface area contributed by atoms with E-state index in [0.29, 0.717) is 5.92 Å². The first-order chi connectivity index (χ1) is 8.15. The number of nitriles is 1. The number of nitrogens with zero attached hydrogens (tertiary/aromatic N) is 2. The maximum absolute atomic E-state index is 12.3. The van der Waals surface area contributed by atoms with Gasteiger partial charge in [-0.25, -0.2) is 0 Å². The number of rotatable bonds is 3. The summed E-state index contributed by atoms with van der Waals surface area (Å²) in [4.78, 5) is 14.1. The molecule has 3 heteroatoms. The molecule has 0 bridgehead atoms. The van der Waals surface area contributed by atoms with Crippen LogP contribution in [-0.4, -0.2) is 12.5 Å². The van der Waals surface area contributed by atoms with Gasteiger partial charge in [-0.1, -0.05) is 32.0 Å². The molecule has 2 rings (SSSR count). The fourth-order valence-corrected chi connectivity index (χ4v) is 2.31. The lowest BCUT2D eigenvalue weighted by molar-refractivity contribution is -0.119. The summed E-state index contributed by atoms with van der Waals surface area (Å²) in [5.41, 5.74) is 1.98. The molecule has 0 aromatic heterocycles. The Kier molecular flexibility index (Phi) is 3.14. The van der Waals surface area contributed by atoms with E-state index in [-0.39, 0.29) is 18.2 Å². The van der Waals surface area contributed by atoms with Gasteiger partial charge in [0, 0.05) is 12.2 Å². The van der Waals surface area contributed by atoms with Gasteiger partial charge in [0.05, 0.1) is 18.4 Å². The Morgan fingerprint density at radius 1 is 1.41 bits per heavy atom. The Labute approximate surface area is 102 Å². The number of carbonyl (C=O) groups is 1. The molecule has 1 aromatic carbocycles. The molecule has 0 saturated carbocycles.